The molecule has 0 bridgehead atoms. The average Bonchev–Trinajstić information content (AvgIpc) is 3.83. The van der Waals surface area contributed by atoms with E-state index in [0.29, 0.717) is 0 Å². The third-order valence-electron chi connectivity index (χ3n) is 12.1. The summed E-state index contributed by atoms with van der Waals surface area (Å²) in [5.74, 6) is 0. The predicted molar refractivity (Wildman–Crippen MR) is 229 cm³/mol. The van der Waals surface area contributed by atoms with Gasteiger partial charge in [-0.3, -0.25) is 0 Å². The molecule has 1 heterocycles. The fourth-order valence-electron chi connectivity index (χ4n) is 9.72. The van der Waals surface area contributed by atoms with E-state index in [-0.39, 0.29) is 5.41 Å². The van der Waals surface area contributed by atoms with E-state index in [0.717, 1.165) is 11.4 Å². The Morgan fingerprint density at radius 1 is 0.407 bits per heavy atom. The molecule has 0 saturated carbocycles. The summed E-state index contributed by atoms with van der Waals surface area (Å²) in [6.45, 7) is 4.82. The van der Waals surface area contributed by atoms with Crippen LogP contribution in [-0.2, 0) is 10.8 Å². The average molecular weight is 708 g/mol. The van der Waals surface area contributed by atoms with Crippen molar-refractivity contribution in [2.45, 2.75) is 24.7 Å². The van der Waals surface area contributed by atoms with E-state index < -0.39 is 5.41 Å². The first-order valence-electron chi connectivity index (χ1n) is 18.9. The Hall–Kier alpha value is -6.22. The number of para-hydroxylation sites is 2. The van der Waals surface area contributed by atoms with Crippen LogP contribution in [0.5, 0.6) is 0 Å². The van der Waals surface area contributed by atoms with Crippen LogP contribution in [0.25, 0.3) is 42.4 Å². The Morgan fingerprint density at radius 3 is 1.76 bits per heavy atom. The Kier molecular flexibility index (Phi) is 6.75. The molecule has 54 heavy (non-hydrogen) atoms. The summed E-state index contributed by atoms with van der Waals surface area (Å²) in [7, 11) is 0. The van der Waals surface area contributed by atoms with Crippen LogP contribution in [0.1, 0.15) is 47.2 Å². The quantitative estimate of drug-likeness (QED) is 0.172. The van der Waals surface area contributed by atoms with E-state index in [2.05, 4.69) is 207 Å². The number of rotatable bonds is 5. The predicted octanol–water partition coefficient (Wildman–Crippen LogP) is 14.2. The number of fused-ring (bicyclic) bond motifs is 10. The topological polar surface area (TPSA) is 3.24 Å². The van der Waals surface area contributed by atoms with Gasteiger partial charge < -0.3 is 4.90 Å². The molecular formula is C52H37NS. The van der Waals surface area contributed by atoms with Crippen LogP contribution >= 0.6 is 11.3 Å². The molecule has 11 rings (SSSR count). The van der Waals surface area contributed by atoms with Crippen molar-refractivity contribution in [2.75, 3.05) is 4.90 Å². The van der Waals surface area contributed by atoms with Crippen molar-refractivity contribution >= 4 is 48.6 Å². The van der Waals surface area contributed by atoms with Gasteiger partial charge >= 0.3 is 0 Å². The van der Waals surface area contributed by atoms with E-state index in [1.165, 1.54) is 81.5 Å². The first-order valence-corrected chi connectivity index (χ1v) is 19.7. The zero-order valence-corrected chi connectivity index (χ0v) is 31.1. The second-order valence-electron chi connectivity index (χ2n) is 15.2. The SMILES string of the molecule is CC1(C)c2cc(N(c3ccccc3)c3ccccc3)ccc2-c2ccc(C3(c4ccccc4)c4ccccc4-c4c3ccc3c4sc4ccccc43)cc21. The number of hydrogen-bond acceptors (Lipinski definition) is 2. The van der Waals surface area contributed by atoms with Gasteiger partial charge in [0.1, 0.15) is 0 Å². The summed E-state index contributed by atoms with van der Waals surface area (Å²) in [5.41, 5.74) is 16.2. The van der Waals surface area contributed by atoms with Crippen LogP contribution in [0.3, 0.4) is 0 Å². The lowest BCUT2D eigenvalue weighted by Crippen LogP contribution is -2.29. The molecule has 8 aromatic carbocycles. The van der Waals surface area contributed by atoms with Crippen molar-refractivity contribution in [1.29, 1.82) is 0 Å². The van der Waals surface area contributed by atoms with E-state index in [1.807, 2.05) is 11.3 Å². The molecule has 0 aliphatic heterocycles. The van der Waals surface area contributed by atoms with Crippen molar-refractivity contribution < 1.29 is 0 Å². The number of thiophene rings is 1. The standard InChI is InChI=1S/C52H37NS/c1-51(2)46-32-35(26-28-39(46)40-29-27-38(33-47(40)51)53(36-18-8-4-9-19-36)37-20-10-5-11-21-37)52(34-16-6-3-7-17-34)44-24-14-12-23-43(44)49-45(52)31-30-42-41-22-13-15-25-48(41)54-50(42)49/h3-33H,1-2H3. The lowest BCUT2D eigenvalue weighted by molar-refractivity contribution is 0.655. The van der Waals surface area contributed by atoms with Crippen molar-refractivity contribution in [3.8, 4) is 22.3 Å². The van der Waals surface area contributed by atoms with E-state index in [1.54, 1.807) is 0 Å². The largest absolute Gasteiger partial charge is 0.310 e. The Bertz CT molecular complexity index is 2860. The summed E-state index contributed by atoms with van der Waals surface area (Å²) in [5, 5.41) is 2.68. The second-order valence-corrected chi connectivity index (χ2v) is 16.3. The van der Waals surface area contributed by atoms with E-state index >= 15 is 0 Å². The van der Waals surface area contributed by atoms with Gasteiger partial charge in [-0.25, -0.2) is 0 Å². The molecule has 1 nitrogen and oxygen atoms in total. The molecule has 0 radical (unpaired) electrons. The van der Waals surface area contributed by atoms with Crippen LogP contribution in [0, 0.1) is 0 Å². The summed E-state index contributed by atoms with van der Waals surface area (Å²) < 4.78 is 2.71. The van der Waals surface area contributed by atoms with Crippen molar-refractivity contribution in [3.05, 3.63) is 221 Å². The molecule has 2 aliphatic rings. The maximum Gasteiger partial charge on any atom is 0.0714 e. The van der Waals surface area contributed by atoms with Crippen LogP contribution in [0.2, 0.25) is 0 Å². The molecule has 1 aromatic heterocycles. The lowest BCUT2D eigenvalue weighted by Gasteiger charge is -2.35. The van der Waals surface area contributed by atoms with Crippen molar-refractivity contribution in [3.63, 3.8) is 0 Å². The van der Waals surface area contributed by atoms with Crippen LogP contribution < -0.4 is 4.90 Å². The van der Waals surface area contributed by atoms with Gasteiger partial charge in [-0.05, 0) is 92.5 Å². The highest BCUT2D eigenvalue weighted by molar-refractivity contribution is 7.26. The Balaban J connectivity index is 1.13. The van der Waals surface area contributed by atoms with Gasteiger partial charge in [0.2, 0.25) is 0 Å². The minimum absolute atomic E-state index is 0.218. The first kappa shape index (κ1) is 31.3. The van der Waals surface area contributed by atoms with Gasteiger partial charge in [-0.2, -0.15) is 0 Å². The Labute approximate surface area is 320 Å². The fraction of sp³-hybridized carbons (Fsp3) is 0.0769. The molecule has 1 unspecified atom stereocenters. The summed E-state index contributed by atoms with van der Waals surface area (Å²) in [6, 6.07) is 70.0. The van der Waals surface area contributed by atoms with Gasteiger partial charge in [0.05, 0.1) is 5.41 Å². The highest BCUT2D eigenvalue weighted by Gasteiger charge is 2.48. The molecule has 0 spiro atoms. The first-order chi connectivity index (χ1) is 26.5. The van der Waals surface area contributed by atoms with Crippen molar-refractivity contribution in [1.82, 2.24) is 0 Å². The number of hydrogen-bond donors (Lipinski definition) is 0. The Morgan fingerprint density at radius 2 is 1.02 bits per heavy atom. The molecule has 0 fully saturated rings. The highest BCUT2D eigenvalue weighted by Crippen LogP contribution is 2.60. The fourth-order valence-corrected chi connectivity index (χ4v) is 11.0. The molecule has 9 aromatic rings. The second kappa shape index (κ2) is 11.6. The molecule has 0 N–H and O–H groups in total. The maximum atomic E-state index is 2.55. The zero-order chi connectivity index (χ0) is 36.0. The normalized spacial score (nSPS) is 16.2. The lowest BCUT2D eigenvalue weighted by atomic mass is 9.66. The number of benzene rings is 8. The molecule has 2 aliphatic carbocycles. The van der Waals surface area contributed by atoms with E-state index in [4.69, 9.17) is 0 Å². The maximum absolute atomic E-state index is 2.55. The molecule has 256 valence electrons. The zero-order valence-electron chi connectivity index (χ0n) is 30.3. The summed E-state index contributed by atoms with van der Waals surface area (Å²) >= 11 is 1.93. The van der Waals surface area contributed by atoms with Crippen LogP contribution in [0.4, 0.5) is 17.1 Å². The molecule has 2 heteroatoms. The van der Waals surface area contributed by atoms with Gasteiger partial charge in [-0.15, -0.1) is 11.3 Å². The molecule has 0 saturated heterocycles. The minimum Gasteiger partial charge on any atom is -0.310 e. The highest BCUT2D eigenvalue weighted by atomic mass is 32.1. The molecule has 0 amide bonds. The van der Waals surface area contributed by atoms with Crippen LogP contribution in [0.15, 0.2) is 188 Å². The van der Waals surface area contributed by atoms with Gasteiger partial charge in [-0.1, -0.05) is 159 Å². The molecular weight excluding hydrogens is 671 g/mol. The van der Waals surface area contributed by atoms with Gasteiger partial charge in [0, 0.05) is 48.2 Å². The summed E-state index contributed by atoms with van der Waals surface area (Å²) in [4.78, 5) is 2.37. The van der Waals surface area contributed by atoms with Crippen molar-refractivity contribution in [2.24, 2.45) is 0 Å². The third kappa shape index (κ3) is 4.26. The van der Waals surface area contributed by atoms with Gasteiger partial charge in [0.25, 0.3) is 0 Å². The van der Waals surface area contributed by atoms with Crippen LogP contribution in [-0.4, -0.2) is 0 Å². The summed E-state index contributed by atoms with van der Waals surface area (Å²) in [6.07, 6.45) is 0. The van der Waals surface area contributed by atoms with Gasteiger partial charge in [0.15, 0.2) is 0 Å². The molecule has 1 atom stereocenters. The minimum atomic E-state index is -0.472. The third-order valence-corrected chi connectivity index (χ3v) is 13.3. The smallest absolute Gasteiger partial charge is 0.0714 e. The van der Waals surface area contributed by atoms with E-state index in [9.17, 15) is 0 Å². The number of nitrogens with zero attached hydrogens (tertiary/aromatic N) is 1. The number of anilines is 3. The monoisotopic (exact) mass is 707 g/mol.